The molecule has 0 atom stereocenters. The van der Waals surface area contributed by atoms with Crippen molar-refractivity contribution in [3.05, 3.63) is 42.2 Å². The number of hydrogen-bond donors (Lipinski definition) is 0. The molecule has 118 valence electrons. The van der Waals surface area contributed by atoms with E-state index in [-0.39, 0.29) is 6.54 Å². The van der Waals surface area contributed by atoms with Crippen molar-refractivity contribution in [2.45, 2.75) is 31.3 Å². The van der Waals surface area contributed by atoms with Gasteiger partial charge in [-0.3, -0.25) is 4.31 Å². The largest absolute Gasteiger partial charge is 0.265 e. The summed E-state index contributed by atoms with van der Waals surface area (Å²) in [6, 6.07) is 10.9. The van der Waals surface area contributed by atoms with Crippen LogP contribution in [-0.2, 0) is 23.1 Å². The Morgan fingerprint density at radius 1 is 1.13 bits per heavy atom. The van der Waals surface area contributed by atoms with Crippen molar-refractivity contribution in [1.29, 1.82) is 0 Å². The number of aromatic nitrogens is 4. The Balaban J connectivity index is 1.85. The van der Waals surface area contributed by atoms with Crippen LogP contribution in [0.1, 0.15) is 19.2 Å². The van der Waals surface area contributed by atoms with Crippen molar-refractivity contribution in [2.75, 3.05) is 4.31 Å². The van der Waals surface area contributed by atoms with E-state index in [1.165, 1.54) is 4.31 Å². The monoisotopic (exact) mass is 329 g/mol. The van der Waals surface area contributed by atoms with Gasteiger partial charge in [-0.2, -0.15) is 0 Å². The van der Waals surface area contributed by atoms with Crippen molar-refractivity contribution < 1.29 is 8.42 Å². The van der Waals surface area contributed by atoms with Crippen LogP contribution in [0.4, 0.5) is 5.69 Å². The summed E-state index contributed by atoms with van der Waals surface area (Å²) in [5.41, 5.74) is 0.684. The molecule has 0 amide bonds. The molecular weight excluding hydrogens is 314 g/mol. The fourth-order valence-electron chi connectivity index (χ4n) is 2.98. The van der Waals surface area contributed by atoms with Gasteiger partial charge in [0.25, 0.3) is 10.0 Å². The lowest BCUT2D eigenvalue weighted by molar-refractivity contribution is 0.552. The van der Waals surface area contributed by atoms with E-state index in [1.807, 2.05) is 31.2 Å². The maximum Gasteiger partial charge on any atom is 0.265 e. The van der Waals surface area contributed by atoms with Crippen LogP contribution in [0.15, 0.2) is 41.3 Å². The molecule has 1 aliphatic heterocycles. The Hall–Kier alpha value is -2.48. The van der Waals surface area contributed by atoms with Gasteiger partial charge in [0.2, 0.25) is 0 Å². The number of rotatable bonds is 4. The van der Waals surface area contributed by atoms with E-state index in [0.29, 0.717) is 23.0 Å². The van der Waals surface area contributed by atoms with Crippen LogP contribution in [0.25, 0.3) is 10.8 Å². The van der Waals surface area contributed by atoms with Crippen molar-refractivity contribution in [2.24, 2.45) is 0 Å². The highest BCUT2D eigenvalue weighted by Crippen LogP contribution is 2.42. The zero-order valence-electron chi connectivity index (χ0n) is 12.5. The highest BCUT2D eigenvalue weighted by Gasteiger charge is 2.36. The van der Waals surface area contributed by atoms with E-state index >= 15 is 0 Å². The molecule has 0 bridgehead atoms. The topological polar surface area (TPSA) is 81.0 Å². The lowest BCUT2D eigenvalue weighted by atomic mass is 10.1. The third-order valence-electron chi connectivity index (χ3n) is 4.01. The molecule has 0 unspecified atom stereocenters. The first-order valence-corrected chi connectivity index (χ1v) is 8.86. The Kier molecular flexibility index (Phi) is 3.08. The molecule has 0 radical (unpaired) electrons. The zero-order valence-corrected chi connectivity index (χ0v) is 13.4. The van der Waals surface area contributed by atoms with Gasteiger partial charge in [-0.25, -0.2) is 13.1 Å². The second-order valence-electron chi connectivity index (χ2n) is 5.46. The maximum atomic E-state index is 12.9. The Morgan fingerprint density at radius 3 is 2.70 bits per heavy atom. The SMILES string of the molecule is CCCn1nnnc1CN1c2cccc3cccc(c23)S1(=O)=O. The molecule has 0 N–H and O–H groups in total. The summed E-state index contributed by atoms with van der Waals surface area (Å²) in [5, 5.41) is 13.3. The number of nitrogens with zero attached hydrogens (tertiary/aromatic N) is 5. The first-order chi connectivity index (χ1) is 11.1. The summed E-state index contributed by atoms with van der Waals surface area (Å²) in [6.45, 7) is 2.81. The summed E-state index contributed by atoms with van der Waals surface area (Å²) < 4.78 is 28.9. The molecule has 23 heavy (non-hydrogen) atoms. The van der Waals surface area contributed by atoms with Crippen LogP contribution in [0, 0.1) is 0 Å². The molecule has 0 aliphatic carbocycles. The van der Waals surface area contributed by atoms with Crippen LogP contribution in [0.2, 0.25) is 0 Å². The summed E-state index contributed by atoms with van der Waals surface area (Å²) in [7, 11) is -3.58. The summed E-state index contributed by atoms with van der Waals surface area (Å²) in [5.74, 6) is 0.542. The third-order valence-corrected chi connectivity index (χ3v) is 5.81. The molecule has 8 heteroatoms. The predicted octanol–water partition coefficient (Wildman–Crippen LogP) is 1.95. The number of benzene rings is 2. The van der Waals surface area contributed by atoms with Crippen LogP contribution in [0.3, 0.4) is 0 Å². The minimum atomic E-state index is -3.58. The first kappa shape index (κ1) is 14.1. The van der Waals surface area contributed by atoms with E-state index in [0.717, 1.165) is 17.2 Å². The minimum absolute atomic E-state index is 0.128. The average Bonchev–Trinajstić information content (AvgIpc) is 3.06. The van der Waals surface area contributed by atoms with Crippen LogP contribution in [0.5, 0.6) is 0 Å². The Labute approximate surface area is 133 Å². The van der Waals surface area contributed by atoms with E-state index < -0.39 is 10.0 Å². The second kappa shape index (κ2) is 5.02. The number of sulfonamides is 1. The fourth-order valence-corrected chi connectivity index (χ4v) is 4.64. The van der Waals surface area contributed by atoms with E-state index in [4.69, 9.17) is 0 Å². The molecule has 1 aliphatic rings. The molecule has 0 saturated carbocycles. The third kappa shape index (κ3) is 2.02. The van der Waals surface area contributed by atoms with Gasteiger partial charge in [0, 0.05) is 11.9 Å². The zero-order chi connectivity index (χ0) is 16.0. The molecule has 7 nitrogen and oxygen atoms in total. The van der Waals surface area contributed by atoms with Crippen molar-refractivity contribution in [3.8, 4) is 0 Å². The van der Waals surface area contributed by atoms with Crippen LogP contribution < -0.4 is 4.31 Å². The molecule has 1 aromatic heterocycles. The lowest BCUT2D eigenvalue weighted by Gasteiger charge is -2.18. The van der Waals surface area contributed by atoms with Crippen molar-refractivity contribution >= 4 is 26.5 Å². The Bertz CT molecular complexity index is 991. The van der Waals surface area contributed by atoms with Gasteiger partial charge in [-0.05, 0) is 34.4 Å². The number of aryl methyl sites for hydroxylation is 1. The maximum absolute atomic E-state index is 12.9. The molecule has 2 aromatic carbocycles. The van der Waals surface area contributed by atoms with Gasteiger partial charge in [-0.1, -0.05) is 31.2 Å². The van der Waals surface area contributed by atoms with E-state index in [2.05, 4.69) is 15.5 Å². The fraction of sp³-hybridized carbons (Fsp3) is 0.267. The van der Waals surface area contributed by atoms with Crippen LogP contribution in [-0.4, -0.2) is 28.6 Å². The number of hydrogen-bond acceptors (Lipinski definition) is 5. The summed E-state index contributed by atoms with van der Waals surface area (Å²) >= 11 is 0. The van der Waals surface area contributed by atoms with Gasteiger partial charge < -0.3 is 0 Å². The summed E-state index contributed by atoms with van der Waals surface area (Å²) in [4.78, 5) is 0.347. The van der Waals surface area contributed by atoms with Crippen molar-refractivity contribution in [3.63, 3.8) is 0 Å². The Morgan fingerprint density at radius 2 is 1.91 bits per heavy atom. The number of anilines is 1. The van der Waals surface area contributed by atoms with Gasteiger partial charge in [0.05, 0.1) is 17.1 Å². The van der Waals surface area contributed by atoms with Gasteiger partial charge >= 0.3 is 0 Å². The molecule has 0 fully saturated rings. The van der Waals surface area contributed by atoms with Crippen molar-refractivity contribution in [1.82, 2.24) is 20.2 Å². The second-order valence-corrected chi connectivity index (χ2v) is 7.29. The average molecular weight is 329 g/mol. The smallest absolute Gasteiger partial charge is 0.258 e. The number of tetrazole rings is 1. The molecule has 4 rings (SSSR count). The van der Waals surface area contributed by atoms with Crippen LogP contribution >= 0.6 is 0 Å². The quantitative estimate of drug-likeness (QED) is 0.731. The predicted molar refractivity (Wildman–Crippen MR) is 85.4 cm³/mol. The molecule has 2 heterocycles. The molecular formula is C15H15N5O2S. The highest BCUT2D eigenvalue weighted by atomic mass is 32.2. The molecule has 0 spiro atoms. The minimum Gasteiger partial charge on any atom is -0.258 e. The summed E-state index contributed by atoms with van der Waals surface area (Å²) in [6.07, 6.45) is 0.876. The van der Waals surface area contributed by atoms with Gasteiger partial charge in [0.15, 0.2) is 5.82 Å². The normalized spacial score (nSPS) is 15.4. The van der Waals surface area contributed by atoms with E-state index in [1.54, 1.807) is 16.8 Å². The first-order valence-electron chi connectivity index (χ1n) is 7.42. The standard InChI is InChI=1S/C15H15N5O2S/c1-2-9-19-14(16-17-18-19)10-20-12-7-3-5-11-6-4-8-13(15(11)12)23(20,21)22/h3-8H,2,9-10H2,1H3. The molecule has 0 saturated heterocycles. The van der Waals surface area contributed by atoms with E-state index in [9.17, 15) is 8.42 Å². The highest BCUT2D eigenvalue weighted by molar-refractivity contribution is 7.93. The van der Waals surface area contributed by atoms with Gasteiger partial charge in [0.1, 0.15) is 0 Å². The molecule has 3 aromatic rings. The lowest BCUT2D eigenvalue weighted by Crippen LogP contribution is -2.28. The van der Waals surface area contributed by atoms with Gasteiger partial charge in [-0.15, -0.1) is 5.10 Å².